The van der Waals surface area contributed by atoms with Crippen LogP contribution in [0.15, 0.2) is 67.0 Å². The van der Waals surface area contributed by atoms with Gasteiger partial charge in [-0.05, 0) is 43.1 Å². The van der Waals surface area contributed by atoms with Crippen LogP contribution >= 0.6 is 0 Å². The molecule has 1 unspecified atom stereocenters. The Morgan fingerprint density at radius 2 is 1.82 bits per heavy atom. The van der Waals surface area contributed by atoms with Gasteiger partial charge in [0.05, 0.1) is 17.0 Å². The molecule has 1 fully saturated rings. The number of ether oxygens (including phenoxy) is 1. The topological polar surface area (TPSA) is 106 Å². The molecule has 1 saturated heterocycles. The molecule has 1 aliphatic rings. The monoisotopic (exact) mass is 555 g/mol. The van der Waals surface area contributed by atoms with E-state index in [1.54, 1.807) is 59.4 Å². The maximum absolute atomic E-state index is 15.0. The summed E-state index contributed by atoms with van der Waals surface area (Å²) in [5, 5.41) is 3.31. The molecular formula is C27H24F3N5O3S. The van der Waals surface area contributed by atoms with Crippen molar-refractivity contribution >= 4 is 15.7 Å². The second-order valence-corrected chi connectivity index (χ2v) is 10.7. The molecule has 0 radical (unpaired) electrons. The van der Waals surface area contributed by atoms with E-state index in [-0.39, 0.29) is 11.8 Å². The van der Waals surface area contributed by atoms with Gasteiger partial charge in [0, 0.05) is 30.9 Å². The Bertz CT molecular complexity index is 1580. The Kier molecular flexibility index (Phi) is 7.75. The van der Waals surface area contributed by atoms with Gasteiger partial charge < -0.3 is 10.1 Å². The van der Waals surface area contributed by atoms with E-state index in [4.69, 9.17) is 4.74 Å². The second kappa shape index (κ2) is 11.4. The summed E-state index contributed by atoms with van der Waals surface area (Å²) in [6.07, 6.45) is 4.90. The van der Waals surface area contributed by atoms with Crippen molar-refractivity contribution in [1.29, 1.82) is 0 Å². The van der Waals surface area contributed by atoms with Crippen LogP contribution in [0.3, 0.4) is 0 Å². The zero-order valence-corrected chi connectivity index (χ0v) is 21.4. The molecule has 2 aromatic heterocycles. The molecular weight excluding hydrogens is 531 g/mol. The fraction of sp³-hybridized carbons (Fsp3) is 0.222. The van der Waals surface area contributed by atoms with E-state index in [2.05, 4.69) is 20.3 Å². The highest BCUT2D eigenvalue weighted by Crippen LogP contribution is 2.36. The minimum Gasteiger partial charge on any atom is -0.435 e. The highest BCUT2D eigenvalue weighted by atomic mass is 32.2. The van der Waals surface area contributed by atoms with E-state index >= 15 is 4.39 Å². The first-order valence-electron chi connectivity index (χ1n) is 12.2. The Balaban J connectivity index is 1.41. The summed E-state index contributed by atoms with van der Waals surface area (Å²) in [7, 11) is -4.25. The lowest BCUT2D eigenvalue weighted by molar-refractivity contribution is 0.401. The summed E-state index contributed by atoms with van der Waals surface area (Å²) >= 11 is 0. The van der Waals surface area contributed by atoms with Gasteiger partial charge in [0.25, 0.3) is 0 Å². The molecule has 0 aliphatic carbocycles. The number of anilines is 1. The molecule has 4 aromatic rings. The third-order valence-corrected chi connectivity index (χ3v) is 7.40. The number of halogens is 3. The van der Waals surface area contributed by atoms with Gasteiger partial charge in [0.15, 0.2) is 17.4 Å². The Labute approximate surface area is 223 Å². The first-order chi connectivity index (χ1) is 18.8. The van der Waals surface area contributed by atoms with Gasteiger partial charge >= 0.3 is 0 Å². The van der Waals surface area contributed by atoms with Crippen molar-refractivity contribution in [1.82, 2.24) is 20.3 Å². The molecule has 39 heavy (non-hydrogen) atoms. The molecule has 12 heteroatoms. The molecule has 0 amide bonds. The number of pyridine rings is 1. The summed E-state index contributed by atoms with van der Waals surface area (Å²) in [6.45, 7) is 1.67. The average molecular weight is 556 g/mol. The summed E-state index contributed by atoms with van der Waals surface area (Å²) < 4.78 is 77.1. The summed E-state index contributed by atoms with van der Waals surface area (Å²) in [4.78, 5) is 13.1. The normalized spacial score (nSPS) is 15.6. The summed E-state index contributed by atoms with van der Waals surface area (Å²) in [6, 6.07) is 13.5. The molecule has 0 bridgehead atoms. The lowest BCUT2D eigenvalue weighted by atomic mass is 9.98. The SMILES string of the molecule is O=S(=O)(Cc1ccccc1)Nc1c(F)cc(Oc2ncccc2-c2ccnc(C3CCCNC3)n2)c(F)c1F. The number of hydrogen-bond donors (Lipinski definition) is 2. The Morgan fingerprint density at radius 1 is 1.00 bits per heavy atom. The Morgan fingerprint density at radius 3 is 2.59 bits per heavy atom. The van der Waals surface area contributed by atoms with Crippen molar-refractivity contribution in [3.8, 4) is 22.9 Å². The van der Waals surface area contributed by atoms with Gasteiger partial charge in [-0.1, -0.05) is 30.3 Å². The molecule has 3 heterocycles. The predicted octanol–water partition coefficient (Wildman–Crippen LogP) is 5.16. The van der Waals surface area contributed by atoms with Crippen LogP contribution in [0.5, 0.6) is 11.6 Å². The molecule has 5 rings (SSSR count). The minimum absolute atomic E-state index is 0.124. The van der Waals surface area contributed by atoms with E-state index < -0.39 is 44.7 Å². The zero-order valence-electron chi connectivity index (χ0n) is 20.6. The fourth-order valence-electron chi connectivity index (χ4n) is 4.29. The van der Waals surface area contributed by atoms with Crippen LogP contribution in [-0.2, 0) is 15.8 Å². The van der Waals surface area contributed by atoms with Gasteiger partial charge in [0.2, 0.25) is 21.7 Å². The molecule has 2 N–H and O–H groups in total. The van der Waals surface area contributed by atoms with Crippen molar-refractivity contribution in [2.75, 3.05) is 17.8 Å². The van der Waals surface area contributed by atoms with Crippen LogP contribution in [0, 0.1) is 17.5 Å². The largest absolute Gasteiger partial charge is 0.435 e. The van der Waals surface area contributed by atoms with Crippen LogP contribution in [0.1, 0.15) is 30.1 Å². The van der Waals surface area contributed by atoms with Crippen LogP contribution in [-0.4, -0.2) is 36.5 Å². The third-order valence-electron chi connectivity index (χ3n) is 6.17. The van der Waals surface area contributed by atoms with Crippen LogP contribution in [0.4, 0.5) is 18.9 Å². The first-order valence-corrected chi connectivity index (χ1v) is 13.8. The van der Waals surface area contributed by atoms with Gasteiger partial charge in [-0.3, -0.25) is 4.72 Å². The van der Waals surface area contributed by atoms with Crippen molar-refractivity contribution in [2.24, 2.45) is 0 Å². The standard InChI is InChI=1S/C27H24F3N5O3S/c28-20-14-22(23(29)24(30)25(20)35-39(36,37)16-17-6-2-1-3-7-17)38-27-19(9-5-12-33-27)21-10-13-32-26(34-21)18-8-4-11-31-15-18/h1-3,5-7,9-10,12-14,18,31,35H,4,8,11,15-16H2. The van der Waals surface area contributed by atoms with Gasteiger partial charge in [-0.15, -0.1) is 0 Å². The lowest BCUT2D eigenvalue weighted by Crippen LogP contribution is -2.29. The number of piperidine rings is 1. The lowest BCUT2D eigenvalue weighted by Gasteiger charge is -2.21. The number of rotatable bonds is 8. The fourth-order valence-corrected chi connectivity index (χ4v) is 5.49. The van der Waals surface area contributed by atoms with Crippen LogP contribution in [0.2, 0.25) is 0 Å². The highest BCUT2D eigenvalue weighted by molar-refractivity contribution is 7.91. The summed E-state index contributed by atoms with van der Waals surface area (Å²) in [5.41, 5.74) is 0.0539. The number of sulfonamides is 1. The highest BCUT2D eigenvalue weighted by Gasteiger charge is 2.25. The van der Waals surface area contributed by atoms with E-state index in [9.17, 15) is 17.2 Å². The number of nitrogens with one attached hydrogen (secondary N) is 2. The smallest absolute Gasteiger partial charge is 0.237 e. The van der Waals surface area contributed by atoms with Gasteiger partial charge in [0.1, 0.15) is 11.5 Å². The molecule has 1 atom stereocenters. The summed E-state index contributed by atoms with van der Waals surface area (Å²) in [5.74, 6) is -5.42. The third kappa shape index (κ3) is 6.18. The average Bonchev–Trinajstić information content (AvgIpc) is 2.95. The molecule has 2 aromatic carbocycles. The molecule has 202 valence electrons. The van der Waals surface area contributed by atoms with E-state index in [0.29, 0.717) is 28.7 Å². The first kappa shape index (κ1) is 26.6. The molecule has 0 spiro atoms. The zero-order chi connectivity index (χ0) is 27.4. The van der Waals surface area contributed by atoms with E-state index in [1.807, 2.05) is 0 Å². The quantitative estimate of drug-likeness (QED) is 0.290. The minimum atomic E-state index is -4.25. The van der Waals surface area contributed by atoms with Gasteiger partial charge in [-0.2, -0.15) is 4.39 Å². The van der Waals surface area contributed by atoms with Gasteiger partial charge in [-0.25, -0.2) is 32.2 Å². The number of aromatic nitrogens is 3. The number of hydrogen-bond acceptors (Lipinski definition) is 7. The van der Waals surface area contributed by atoms with Crippen LogP contribution < -0.4 is 14.8 Å². The predicted molar refractivity (Wildman–Crippen MR) is 139 cm³/mol. The maximum atomic E-state index is 15.0. The van der Waals surface area contributed by atoms with Crippen molar-refractivity contribution < 1.29 is 26.3 Å². The molecule has 8 nitrogen and oxygen atoms in total. The number of benzene rings is 2. The van der Waals surface area contributed by atoms with Crippen LogP contribution in [0.25, 0.3) is 11.3 Å². The Hall–Kier alpha value is -4.03. The van der Waals surface area contributed by atoms with E-state index in [1.165, 1.54) is 6.20 Å². The number of nitrogens with zero attached hydrogens (tertiary/aromatic N) is 3. The second-order valence-electron chi connectivity index (χ2n) is 9.01. The molecule has 1 aliphatic heterocycles. The van der Waals surface area contributed by atoms with E-state index in [0.717, 1.165) is 25.9 Å². The molecule has 0 saturated carbocycles. The van der Waals surface area contributed by atoms with Crippen molar-refractivity contribution in [3.05, 3.63) is 95.8 Å². The maximum Gasteiger partial charge on any atom is 0.237 e. The van der Waals surface area contributed by atoms with Crippen molar-refractivity contribution in [2.45, 2.75) is 24.5 Å². The van der Waals surface area contributed by atoms with Crippen molar-refractivity contribution in [3.63, 3.8) is 0 Å².